The molecule has 7 heteroatoms. The zero-order chi connectivity index (χ0) is 28.9. The van der Waals surface area contributed by atoms with Crippen LogP contribution in [0, 0.1) is 0 Å². The summed E-state index contributed by atoms with van der Waals surface area (Å²) in [5.41, 5.74) is 2.87. The van der Waals surface area contributed by atoms with E-state index < -0.39 is 17.7 Å². The summed E-state index contributed by atoms with van der Waals surface area (Å²) in [7, 11) is 3.19. The molecular weight excluding hydrogens is 506 g/mol. The first-order valence-corrected chi connectivity index (χ1v) is 13.4. The largest absolute Gasteiger partial charge is 0.507 e. The summed E-state index contributed by atoms with van der Waals surface area (Å²) in [6.45, 7) is 7.31. The predicted octanol–water partition coefficient (Wildman–Crippen LogP) is 6.03. The van der Waals surface area contributed by atoms with Gasteiger partial charge in [0.15, 0.2) is 0 Å². The molecule has 3 aromatic rings. The molecule has 3 aromatic carbocycles. The lowest BCUT2D eigenvalue weighted by Crippen LogP contribution is -2.31. The highest BCUT2D eigenvalue weighted by molar-refractivity contribution is 6.46. The molecule has 0 saturated carbocycles. The van der Waals surface area contributed by atoms with E-state index in [4.69, 9.17) is 14.2 Å². The van der Waals surface area contributed by atoms with E-state index in [0.29, 0.717) is 48.8 Å². The van der Waals surface area contributed by atoms with Crippen LogP contribution in [0.15, 0.2) is 78.4 Å². The Morgan fingerprint density at radius 2 is 1.65 bits per heavy atom. The Hall–Kier alpha value is -4.10. The summed E-state index contributed by atoms with van der Waals surface area (Å²) in [6, 6.07) is 21.7. The number of Topliss-reactive ketones (excluding diaryl/α,β-unsaturated/α-hetero) is 1. The molecular formula is C33H37NO6. The zero-order valence-electron chi connectivity index (χ0n) is 23.8. The van der Waals surface area contributed by atoms with Crippen LogP contribution in [0.2, 0.25) is 0 Å². The number of likely N-dealkylation sites (tertiary alicyclic amines) is 1. The van der Waals surface area contributed by atoms with Crippen molar-refractivity contribution in [3.63, 3.8) is 0 Å². The van der Waals surface area contributed by atoms with Gasteiger partial charge >= 0.3 is 0 Å². The van der Waals surface area contributed by atoms with Gasteiger partial charge in [0.05, 0.1) is 18.7 Å². The van der Waals surface area contributed by atoms with Crippen molar-refractivity contribution in [1.29, 1.82) is 0 Å². The van der Waals surface area contributed by atoms with E-state index in [1.54, 1.807) is 26.4 Å². The number of aliphatic hydroxyl groups excluding tert-OH is 1. The lowest BCUT2D eigenvalue weighted by molar-refractivity contribution is -0.140. The molecule has 1 amide bonds. The molecule has 1 aliphatic heterocycles. The highest BCUT2D eigenvalue weighted by atomic mass is 16.5. The average Bonchev–Trinajstić information content (AvgIpc) is 3.21. The monoisotopic (exact) mass is 543 g/mol. The minimum Gasteiger partial charge on any atom is -0.507 e. The second-order valence-corrected chi connectivity index (χ2v) is 10.8. The number of ether oxygens (including phenoxy) is 3. The third-order valence-corrected chi connectivity index (χ3v) is 7.01. The maximum absolute atomic E-state index is 13.4. The molecule has 210 valence electrons. The standard InChI is InChI=1S/C33H37NO6/c1-33(2,3)26-20-24(14-17-27(26)39-5)30(35)28-29(34(18-9-19-38-4)32(37)31(28)36)23-12-15-25(16-13-23)40-21-22-10-7-6-8-11-22/h6-8,10-17,20,29,35H,9,18-19,21H2,1-5H3/b30-28-. The van der Waals surface area contributed by atoms with Gasteiger partial charge in [-0.25, -0.2) is 0 Å². The summed E-state index contributed by atoms with van der Waals surface area (Å²) < 4.78 is 16.7. The smallest absolute Gasteiger partial charge is 0.295 e. The van der Waals surface area contributed by atoms with Gasteiger partial charge in [0.1, 0.15) is 23.9 Å². The van der Waals surface area contributed by atoms with Gasteiger partial charge in [-0.15, -0.1) is 0 Å². The Balaban J connectivity index is 1.73. The fraction of sp³-hybridized carbons (Fsp3) is 0.333. The lowest BCUT2D eigenvalue weighted by Gasteiger charge is -2.26. The van der Waals surface area contributed by atoms with E-state index in [-0.39, 0.29) is 16.7 Å². The maximum atomic E-state index is 13.4. The van der Waals surface area contributed by atoms with Crippen molar-refractivity contribution < 1.29 is 28.9 Å². The highest BCUT2D eigenvalue weighted by Crippen LogP contribution is 2.41. The van der Waals surface area contributed by atoms with Crippen LogP contribution in [-0.2, 0) is 26.3 Å². The number of hydrogen-bond acceptors (Lipinski definition) is 6. The summed E-state index contributed by atoms with van der Waals surface area (Å²) >= 11 is 0. The van der Waals surface area contributed by atoms with Crippen LogP contribution in [0.4, 0.5) is 0 Å². The number of amides is 1. The Kier molecular flexibility index (Phi) is 8.95. The van der Waals surface area contributed by atoms with Gasteiger partial charge in [-0.3, -0.25) is 9.59 Å². The van der Waals surface area contributed by atoms with Gasteiger partial charge in [0, 0.05) is 31.4 Å². The molecule has 40 heavy (non-hydrogen) atoms. The van der Waals surface area contributed by atoms with Crippen molar-refractivity contribution in [2.24, 2.45) is 0 Å². The van der Waals surface area contributed by atoms with Crippen molar-refractivity contribution in [3.8, 4) is 11.5 Å². The molecule has 1 heterocycles. The molecule has 0 spiro atoms. The molecule has 1 N–H and O–H groups in total. The van der Waals surface area contributed by atoms with E-state index in [0.717, 1.165) is 11.1 Å². The quantitative estimate of drug-likeness (QED) is 0.145. The number of carbonyl (C=O) groups is 2. The summed E-state index contributed by atoms with van der Waals surface area (Å²) in [4.78, 5) is 28.1. The molecule has 0 aliphatic carbocycles. The first kappa shape index (κ1) is 28.9. The van der Waals surface area contributed by atoms with E-state index in [1.165, 1.54) is 4.90 Å². The molecule has 1 saturated heterocycles. The fourth-order valence-corrected chi connectivity index (χ4v) is 4.92. The highest BCUT2D eigenvalue weighted by Gasteiger charge is 2.45. The van der Waals surface area contributed by atoms with Crippen LogP contribution in [0.1, 0.15) is 55.5 Å². The van der Waals surface area contributed by atoms with Gasteiger partial charge in [-0.2, -0.15) is 0 Å². The number of rotatable bonds is 10. The molecule has 1 atom stereocenters. The van der Waals surface area contributed by atoms with Crippen molar-refractivity contribution in [3.05, 3.63) is 101 Å². The van der Waals surface area contributed by atoms with Crippen molar-refractivity contribution >= 4 is 17.4 Å². The number of nitrogens with zero attached hydrogens (tertiary/aromatic N) is 1. The molecule has 7 nitrogen and oxygen atoms in total. The van der Waals surface area contributed by atoms with E-state index in [9.17, 15) is 14.7 Å². The minimum absolute atomic E-state index is 0.0606. The molecule has 0 radical (unpaired) electrons. The molecule has 1 fully saturated rings. The summed E-state index contributed by atoms with van der Waals surface area (Å²) in [6.07, 6.45) is 0.551. The number of benzene rings is 3. The zero-order valence-corrected chi connectivity index (χ0v) is 23.8. The Morgan fingerprint density at radius 3 is 2.27 bits per heavy atom. The predicted molar refractivity (Wildman–Crippen MR) is 154 cm³/mol. The van der Waals surface area contributed by atoms with Crippen LogP contribution in [0.3, 0.4) is 0 Å². The van der Waals surface area contributed by atoms with Crippen molar-refractivity contribution in [2.75, 3.05) is 27.4 Å². The van der Waals surface area contributed by atoms with Gasteiger partial charge in [0.2, 0.25) is 0 Å². The van der Waals surface area contributed by atoms with E-state index in [2.05, 4.69) is 0 Å². The molecule has 1 unspecified atom stereocenters. The van der Waals surface area contributed by atoms with Crippen LogP contribution in [0.25, 0.3) is 5.76 Å². The molecule has 0 bridgehead atoms. The average molecular weight is 544 g/mol. The van der Waals surface area contributed by atoms with Gasteiger partial charge in [-0.1, -0.05) is 63.2 Å². The molecule has 0 aromatic heterocycles. The van der Waals surface area contributed by atoms with Gasteiger partial charge in [-0.05, 0) is 53.3 Å². The third kappa shape index (κ3) is 6.20. The number of methoxy groups -OCH3 is 2. The Bertz CT molecular complexity index is 1370. The fourth-order valence-electron chi connectivity index (χ4n) is 4.92. The third-order valence-electron chi connectivity index (χ3n) is 7.01. The minimum atomic E-state index is -0.750. The number of aliphatic hydroxyl groups is 1. The molecule has 1 aliphatic rings. The second kappa shape index (κ2) is 12.4. The lowest BCUT2D eigenvalue weighted by atomic mass is 9.84. The Labute approximate surface area is 236 Å². The van der Waals surface area contributed by atoms with Crippen LogP contribution < -0.4 is 9.47 Å². The van der Waals surface area contributed by atoms with E-state index in [1.807, 2.05) is 81.4 Å². The topological polar surface area (TPSA) is 85.3 Å². The SMILES string of the molecule is COCCCN1C(=O)C(=O)/C(=C(\O)c2ccc(OC)c(C(C)(C)C)c2)C1c1ccc(OCc2ccccc2)cc1. The molecule has 4 rings (SSSR count). The van der Waals surface area contributed by atoms with E-state index >= 15 is 0 Å². The van der Waals surface area contributed by atoms with Crippen molar-refractivity contribution in [1.82, 2.24) is 4.90 Å². The number of hydrogen-bond donors (Lipinski definition) is 1. The normalized spacial score (nSPS) is 16.8. The summed E-state index contributed by atoms with van der Waals surface area (Å²) in [5.74, 6) is -0.218. The van der Waals surface area contributed by atoms with Crippen LogP contribution in [-0.4, -0.2) is 49.1 Å². The first-order valence-electron chi connectivity index (χ1n) is 13.4. The first-order chi connectivity index (χ1) is 19.2. The van der Waals surface area contributed by atoms with Crippen LogP contribution in [0.5, 0.6) is 11.5 Å². The Morgan fingerprint density at radius 1 is 0.950 bits per heavy atom. The van der Waals surface area contributed by atoms with Crippen LogP contribution >= 0.6 is 0 Å². The number of carbonyl (C=O) groups excluding carboxylic acids is 2. The maximum Gasteiger partial charge on any atom is 0.295 e. The number of ketones is 1. The van der Waals surface area contributed by atoms with Gasteiger partial charge < -0.3 is 24.2 Å². The van der Waals surface area contributed by atoms with Gasteiger partial charge in [0.25, 0.3) is 11.7 Å². The van der Waals surface area contributed by atoms with Crippen molar-refractivity contribution in [2.45, 2.75) is 45.3 Å². The summed E-state index contributed by atoms with van der Waals surface area (Å²) in [5, 5.41) is 11.5. The second-order valence-electron chi connectivity index (χ2n) is 10.8.